The number of ether oxygens (including phenoxy) is 9. The maximum absolute atomic E-state index is 10.9. The van der Waals surface area contributed by atoms with Gasteiger partial charge in [-0.1, -0.05) is 148 Å². The van der Waals surface area contributed by atoms with E-state index in [0.29, 0.717) is 45.1 Å². The topological polar surface area (TPSA) is 138 Å². The summed E-state index contributed by atoms with van der Waals surface area (Å²) in [5.41, 5.74) is 3.68. The molecule has 4 aliphatic rings. The average molecular weight is 943 g/mol. The quantitative estimate of drug-likeness (QED) is 0.0345. The SMILES string of the molecule is C=CC(=O)OCC1(CC)CO1.C=CC(=O)OCC1(CC)COC1.C=CC(=O)OCC1(CCCC)COC1.C=COCC1(CC)COC1.C=COc1ccc(C=C)cc1.C=Cc1ccc(C=C)cc1. The van der Waals surface area contributed by atoms with Gasteiger partial charge in [0.05, 0.1) is 81.6 Å². The van der Waals surface area contributed by atoms with Crippen LogP contribution in [0, 0.1) is 16.2 Å². The van der Waals surface area contributed by atoms with Crippen molar-refractivity contribution < 1.29 is 57.0 Å². The predicted molar refractivity (Wildman–Crippen MR) is 272 cm³/mol. The van der Waals surface area contributed by atoms with E-state index in [1.807, 2.05) is 67.6 Å². The van der Waals surface area contributed by atoms with Gasteiger partial charge in [-0.15, -0.1) is 0 Å². The molecule has 4 aliphatic heterocycles. The van der Waals surface area contributed by atoms with Gasteiger partial charge in [0, 0.05) is 18.2 Å². The predicted octanol–water partition coefficient (Wildman–Crippen LogP) is 11.4. The molecule has 4 saturated heterocycles. The highest BCUT2D eigenvalue weighted by molar-refractivity contribution is 5.81. The van der Waals surface area contributed by atoms with E-state index in [4.69, 9.17) is 42.6 Å². The number of unbranched alkanes of at least 4 members (excludes halogenated alkanes) is 1. The molecule has 2 aromatic carbocycles. The average Bonchev–Trinajstić information content (AvgIpc) is 4.14. The summed E-state index contributed by atoms with van der Waals surface area (Å²) in [6.07, 6.45) is 18.3. The number of hydrogen-bond donors (Lipinski definition) is 0. The maximum Gasteiger partial charge on any atom is 0.330 e. The lowest BCUT2D eigenvalue weighted by Crippen LogP contribution is -2.46. The summed E-state index contributed by atoms with van der Waals surface area (Å²) in [6.45, 7) is 43.6. The number of carbonyl (C=O) groups is 3. The summed E-state index contributed by atoms with van der Waals surface area (Å²) in [4.78, 5) is 32.2. The number of epoxide rings is 1. The van der Waals surface area contributed by atoms with E-state index in [2.05, 4.69) is 73.4 Å². The first-order valence-electron chi connectivity index (χ1n) is 23.1. The van der Waals surface area contributed by atoms with Gasteiger partial charge in [0.1, 0.15) is 31.2 Å². The third-order valence-electron chi connectivity index (χ3n) is 11.5. The van der Waals surface area contributed by atoms with Crippen LogP contribution in [-0.4, -0.2) is 96.2 Å². The van der Waals surface area contributed by atoms with E-state index in [9.17, 15) is 14.4 Å². The van der Waals surface area contributed by atoms with E-state index < -0.39 is 0 Å². The van der Waals surface area contributed by atoms with Gasteiger partial charge in [-0.2, -0.15) is 0 Å². The van der Waals surface area contributed by atoms with Crippen LogP contribution in [0.5, 0.6) is 5.75 Å². The largest absolute Gasteiger partial charge is 0.501 e. The number of hydrogen-bond acceptors (Lipinski definition) is 12. The Balaban J connectivity index is 0.000000409. The van der Waals surface area contributed by atoms with Crippen molar-refractivity contribution in [2.75, 3.05) is 72.7 Å². The van der Waals surface area contributed by atoms with E-state index >= 15 is 0 Å². The molecule has 12 nitrogen and oxygen atoms in total. The van der Waals surface area contributed by atoms with Crippen molar-refractivity contribution in [1.82, 2.24) is 0 Å². The fraction of sp³-hybridized carbons (Fsp3) is 0.446. The second-order valence-corrected chi connectivity index (χ2v) is 16.7. The van der Waals surface area contributed by atoms with Gasteiger partial charge in [-0.25, -0.2) is 14.4 Å². The van der Waals surface area contributed by atoms with Crippen LogP contribution < -0.4 is 4.74 Å². The standard InChI is InChI=1S/C11H18O3.C10H10O.C10H10.C9H14O3.C8H12O3.C8H14O2/c1-3-5-6-11(7-13-8-11)9-14-10(12)4-2;1-3-9-5-7-10(8-6-9)11-4-2;1-3-9-5-7-10(4-2)8-6-9;1-3-8(10)12-7-9(4-2)5-11-6-9;1-3-7(9)10-5-8(4-2)6-11-8;1-3-8(5-9-4-2)6-10-7-8/h4H,2-3,5-9H2,1H3;3-8H,1-2H2;3-8H,1-2H2;3H,1,4-7H2,2H3;3H,1,4-6H2,2H3;4H,2-3,5-7H2,1H3. The first kappa shape index (κ1) is 60.2. The molecule has 1 atom stereocenters. The van der Waals surface area contributed by atoms with Crippen LogP contribution in [-0.2, 0) is 52.3 Å². The molecule has 68 heavy (non-hydrogen) atoms. The molecule has 374 valence electrons. The van der Waals surface area contributed by atoms with Gasteiger partial charge in [0.2, 0.25) is 0 Å². The minimum absolute atomic E-state index is 0.0820. The molecule has 0 bridgehead atoms. The Morgan fingerprint density at radius 3 is 1.19 bits per heavy atom. The number of carbonyl (C=O) groups excluding carboxylic acids is 3. The number of rotatable bonds is 23. The zero-order valence-electron chi connectivity index (χ0n) is 41.3. The van der Waals surface area contributed by atoms with E-state index in [1.165, 1.54) is 24.7 Å². The van der Waals surface area contributed by atoms with Gasteiger partial charge in [-0.05, 0) is 54.5 Å². The lowest BCUT2D eigenvalue weighted by Gasteiger charge is -2.40. The smallest absolute Gasteiger partial charge is 0.330 e. The summed E-state index contributed by atoms with van der Waals surface area (Å²) in [5.74, 6) is -0.276. The first-order valence-corrected chi connectivity index (χ1v) is 23.1. The van der Waals surface area contributed by atoms with Gasteiger partial charge in [0.25, 0.3) is 0 Å². The molecule has 0 N–H and O–H groups in total. The molecule has 0 radical (unpaired) electrons. The zero-order valence-corrected chi connectivity index (χ0v) is 41.3. The molecule has 1 unspecified atom stereocenters. The van der Waals surface area contributed by atoms with E-state index in [1.54, 1.807) is 6.08 Å². The highest BCUT2D eigenvalue weighted by Gasteiger charge is 2.44. The maximum atomic E-state index is 10.9. The number of benzene rings is 2. The Morgan fingerprint density at radius 1 is 0.515 bits per heavy atom. The monoisotopic (exact) mass is 943 g/mol. The molecular weight excluding hydrogens is 865 g/mol. The molecule has 12 heteroatoms. The van der Waals surface area contributed by atoms with Gasteiger partial charge < -0.3 is 42.6 Å². The molecule has 0 aromatic heterocycles. The van der Waals surface area contributed by atoms with Crippen molar-refractivity contribution in [3.8, 4) is 5.75 Å². The van der Waals surface area contributed by atoms with Crippen molar-refractivity contribution in [3.63, 3.8) is 0 Å². The van der Waals surface area contributed by atoms with Crippen molar-refractivity contribution in [1.29, 1.82) is 0 Å². The zero-order chi connectivity index (χ0) is 50.7. The van der Waals surface area contributed by atoms with E-state index in [-0.39, 0.29) is 34.3 Å². The molecule has 6 rings (SSSR count). The normalized spacial score (nSPS) is 17.5. The second kappa shape index (κ2) is 33.6. The van der Waals surface area contributed by atoms with Crippen LogP contribution in [0.15, 0.2) is 132 Å². The molecule has 4 heterocycles. The lowest BCUT2D eigenvalue weighted by molar-refractivity contribution is -0.167. The van der Waals surface area contributed by atoms with Crippen LogP contribution in [0.3, 0.4) is 0 Å². The summed E-state index contributed by atoms with van der Waals surface area (Å²) in [5, 5.41) is 0. The summed E-state index contributed by atoms with van der Waals surface area (Å²) in [6, 6.07) is 15.7. The van der Waals surface area contributed by atoms with Gasteiger partial charge in [-0.3, -0.25) is 0 Å². The van der Waals surface area contributed by atoms with Crippen LogP contribution in [0.4, 0.5) is 0 Å². The highest BCUT2D eigenvalue weighted by Crippen LogP contribution is 2.34. The van der Waals surface area contributed by atoms with Crippen LogP contribution >= 0.6 is 0 Å². The van der Waals surface area contributed by atoms with Crippen molar-refractivity contribution in [3.05, 3.63) is 149 Å². The molecule has 0 amide bonds. The van der Waals surface area contributed by atoms with Crippen LogP contribution in [0.25, 0.3) is 18.2 Å². The lowest BCUT2D eigenvalue weighted by atomic mass is 9.82. The summed E-state index contributed by atoms with van der Waals surface area (Å²) in [7, 11) is 0. The minimum Gasteiger partial charge on any atom is -0.501 e. The molecular formula is C56H78O12. The van der Waals surface area contributed by atoms with Crippen LogP contribution in [0.1, 0.15) is 82.9 Å². The van der Waals surface area contributed by atoms with Crippen molar-refractivity contribution in [2.24, 2.45) is 16.2 Å². The van der Waals surface area contributed by atoms with Crippen LogP contribution in [0.2, 0.25) is 0 Å². The first-order chi connectivity index (χ1) is 32.7. The molecule has 0 saturated carbocycles. The fourth-order valence-corrected chi connectivity index (χ4v) is 5.90. The Hall–Kier alpha value is -5.79. The van der Waals surface area contributed by atoms with Crippen molar-refractivity contribution >= 4 is 36.1 Å². The van der Waals surface area contributed by atoms with Gasteiger partial charge in [0.15, 0.2) is 0 Å². The molecule has 2 aromatic rings. The summed E-state index contributed by atoms with van der Waals surface area (Å²) >= 11 is 0. The third-order valence-corrected chi connectivity index (χ3v) is 11.5. The Labute approximate surface area is 407 Å². The molecule has 0 spiro atoms. The second-order valence-electron chi connectivity index (χ2n) is 16.7. The Bertz CT molecular complexity index is 1810. The molecule has 4 fully saturated rings. The van der Waals surface area contributed by atoms with Crippen molar-refractivity contribution in [2.45, 2.75) is 71.8 Å². The Kier molecular flexibility index (Phi) is 29.8. The number of esters is 3. The third kappa shape index (κ3) is 23.3. The molecule has 0 aliphatic carbocycles. The minimum atomic E-state index is -0.381. The fourth-order valence-electron chi connectivity index (χ4n) is 5.90. The highest BCUT2D eigenvalue weighted by atomic mass is 16.6. The Morgan fingerprint density at radius 2 is 0.897 bits per heavy atom. The van der Waals surface area contributed by atoms with E-state index in [0.717, 1.165) is 100 Å². The van der Waals surface area contributed by atoms with Gasteiger partial charge >= 0.3 is 17.9 Å². The summed E-state index contributed by atoms with van der Waals surface area (Å²) < 4.78 is 45.5.